The number of aliphatic hydroxyl groups is 2. The van der Waals surface area contributed by atoms with Crippen molar-refractivity contribution in [1.82, 2.24) is 0 Å². The molecule has 124 valence electrons. The van der Waals surface area contributed by atoms with E-state index >= 15 is 0 Å². The summed E-state index contributed by atoms with van der Waals surface area (Å²) in [6.45, 7) is 1.96. The molecule has 0 aromatic heterocycles. The molecular weight excluding hydrogens is 268 g/mol. The van der Waals surface area contributed by atoms with E-state index in [0.29, 0.717) is 6.61 Å². The Morgan fingerprint density at radius 2 is 1.57 bits per heavy atom. The van der Waals surface area contributed by atoms with E-state index in [2.05, 4.69) is 19.1 Å². The van der Waals surface area contributed by atoms with E-state index in [9.17, 15) is 4.79 Å². The zero-order valence-corrected chi connectivity index (χ0v) is 13.4. The van der Waals surface area contributed by atoms with Crippen LogP contribution in [0.15, 0.2) is 12.2 Å². The Hall–Kier alpha value is -0.870. The van der Waals surface area contributed by atoms with E-state index in [1.807, 2.05) is 0 Å². The van der Waals surface area contributed by atoms with Crippen LogP contribution in [0.5, 0.6) is 0 Å². The number of ether oxygens (including phenoxy) is 1. The Morgan fingerprint density at radius 3 is 2.19 bits per heavy atom. The first-order chi connectivity index (χ1) is 10.2. The number of unbranched alkanes of at least 4 members (excludes halogenated alkanes) is 8. The maximum atomic E-state index is 11.0. The second kappa shape index (κ2) is 15.5. The first kappa shape index (κ1) is 20.1. The third kappa shape index (κ3) is 13.9. The summed E-state index contributed by atoms with van der Waals surface area (Å²) in [5, 5.41) is 17.5. The Morgan fingerprint density at radius 1 is 1.00 bits per heavy atom. The van der Waals surface area contributed by atoms with Gasteiger partial charge in [-0.15, -0.1) is 0 Å². The fraction of sp³-hybridized carbons (Fsp3) is 0.824. The minimum Gasteiger partial charge on any atom is -0.464 e. The summed E-state index contributed by atoms with van der Waals surface area (Å²) in [6.07, 6.45) is 14.9. The molecule has 0 aromatic carbocycles. The summed E-state index contributed by atoms with van der Waals surface area (Å²) in [7, 11) is 0. The van der Waals surface area contributed by atoms with Crippen LogP contribution in [0.1, 0.15) is 71.1 Å². The number of esters is 1. The van der Waals surface area contributed by atoms with Gasteiger partial charge in [-0.05, 0) is 25.7 Å². The van der Waals surface area contributed by atoms with Crippen molar-refractivity contribution in [2.24, 2.45) is 0 Å². The largest absolute Gasteiger partial charge is 0.464 e. The zero-order chi connectivity index (χ0) is 15.8. The monoisotopic (exact) mass is 300 g/mol. The van der Waals surface area contributed by atoms with Gasteiger partial charge < -0.3 is 14.9 Å². The minimum atomic E-state index is -1.39. The lowest BCUT2D eigenvalue weighted by Crippen LogP contribution is -2.26. The highest BCUT2D eigenvalue weighted by atomic mass is 16.5. The molecule has 4 heteroatoms. The number of allylic oxidation sites excluding steroid dienone is 2. The molecule has 0 heterocycles. The fourth-order valence-electron chi connectivity index (χ4n) is 1.97. The quantitative estimate of drug-likeness (QED) is 0.293. The van der Waals surface area contributed by atoms with Gasteiger partial charge >= 0.3 is 5.97 Å². The van der Waals surface area contributed by atoms with Crippen molar-refractivity contribution in [2.45, 2.75) is 77.2 Å². The molecule has 21 heavy (non-hydrogen) atoms. The van der Waals surface area contributed by atoms with E-state index < -0.39 is 18.7 Å². The van der Waals surface area contributed by atoms with Crippen LogP contribution in [0.3, 0.4) is 0 Å². The van der Waals surface area contributed by atoms with Crippen molar-refractivity contribution >= 4 is 5.97 Å². The van der Waals surface area contributed by atoms with E-state index in [1.54, 1.807) is 0 Å². The van der Waals surface area contributed by atoms with Gasteiger partial charge in [0.05, 0.1) is 13.2 Å². The van der Waals surface area contributed by atoms with Crippen molar-refractivity contribution in [3.8, 4) is 0 Å². The highest BCUT2D eigenvalue weighted by molar-refractivity contribution is 5.74. The molecule has 0 aliphatic carbocycles. The number of carbonyl (C=O) groups excluding carboxylic acids is 1. The predicted octanol–water partition coefficient (Wildman–Crippen LogP) is 3.36. The van der Waals surface area contributed by atoms with Gasteiger partial charge in [0.1, 0.15) is 0 Å². The highest BCUT2D eigenvalue weighted by Crippen LogP contribution is 2.08. The van der Waals surface area contributed by atoms with Gasteiger partial charge in [-0.3, -0.25) is 0 Å². The lowest BCUT2D eigenvalue weighted by Gasteiger charge is -2.07. The van der Waals surface area contributed by atoms with Crippen LogP contribution in [0.4, 0.5) is 0 Å². The van der Waals surface area contributed by atoms with Gasteiger partial charge in [-0.1, -0.05) is 57.6 Å². The van der Waals surface area contributed by atoms with Crippen molar-refractivity contribution in [2.75, 3.05) is 13.2 Å². The Kier molecular flexibility index (Phi) is 14.9. The van der Waals surface area contributed by atoms with Crippen molar-refractivity contribution in [3.05, 3.63) is 12.2 Å². The molecule has 0 unspecified atom stereocenters. The first-order valence-electron chi connectivity index (χ1n) is 8.33. The first-order valence-corrected chi connectivity index (χ1v) is 8.33. The average Bonchev–Trinajstić information content (AvgIpc) is 2.50. The molecule has 0 aliphatic rings. The second-order valence-electron chi connectivity index (χ2n) is 5.39. The second-order valence-corrected chi connectivity index (χ2v) is 5.39. The van der Waals surface area contributed by atoms with Gasteiger partial charge in [-0.25, -0.2) is 4.79 Å². The predicted molar refractivity (Wildman–Crippen MR) is 85.0 cm³/mol. The third-order valence-electron chi connectivity index (χ3n) is 3.35. The highest BCUT2D eigenvalue weighted by Gasteiger charge is 2.14. The molecule has 1 atom stereocenters. The summed E-state index contributed by atoms with van der Waals surface area (Å²) in [4.78, 5) is 11.0. The lowest BCUT2D eigenvalue weighted by atomic mass is 10.1. The van der Waals surface area contributed by atoms with E-state index in [4.69, 9.17) is 14.9 Å². The van der Waals surface area contributed by atoms with Crippen LogP contribution in [0, 0.1) is 0 Å². The molecule has 0 saturated heterocycles. The molecule has 0 bridgehead atoms. The zero-order valence-electron chi connectivity index (χ0n) is 13.4. The Bertz CT molecular complexity index is 264. The molecule has 0 amide bonds. The van der Waals surface area contributed by atoms with E-state index in [0.717, 1.165) is 19.3 Å². The molecule has 0 spiro atoms. The maximum absolute atomic E-state index is 11.0. The number of carbonyl (C=O) groups is 1. The van der Waals surface area contributed by atoms with Crippen LogP contribution in [0.25, 0.3) is 0 Å². The Labute approximate surface area is 129 Å². The van der Waals surface area contributed by atoms with Gasteiger partial charge in [0, 0.05) is 0 Å². The molecule has 0 aromatic rings. The fourth-order valence-corrected chi connectivity index (χ4v) is 1.97. The van der Waals surface area contributed by atoms with Gasteiger partial charge in [0.15, 0.2) is 6.10 Å². The van der Waals surface area contributed by atoms with Crippen LogP contribution in [-0.2, 0) is 9.53 Å². The molecular formula is C17H32O4. The summed E-state index contributed by atoms with van der Waals surface area (Å²) in [6, 6.07) is 0. The Balaban J connectivity index is 3.19. The minimum absolute atomic E-state index is 0.329. The standard InChI is InChI=1S/C17H32O4/c1-2-3-4-5-6-7-8-9-10-11-12-13-14-21-17(20)16(19)15-18/h5-6,16,18-19H,2-4,7-15H2,1H3/b6-5-/t16-/m1/s1. The van der Waals surface area contributed by atoms with Gasteiger partial charge in [0.2, 0.25) is 0 Å². The van der Waals surface area contributed by atoms with Crippen LogP contribution in [0.2, 0.25) is 0 Å². The number of rotatable bonds is 14. The normalized spacial score (nSPS) is 12.7. The summed E-state index contributed by atoms with van der Waals surface area (Å²) < 4.78 is 4.83. The molecule has 0 rings (SSSR count). The van der Waals surface area contributed by atoms with E-state index in [1.165, 1.54) is 44.9 Å². The number of aliphatic hydroxyl groups excluding tert-OH is 2. The topological polar surface area (TPSA) is 66.8 Å². The van der Waals surface area contributed by atoms with Crippen molar-refractivity contribution in [1.29, 1.82) is 0 Å². The molecule has 0 fully saturated rings. The number of hydrogen-bond donors (Lipinski definition) is 2. The molecule has 0 saturated carbocycles. The molecule has 4 nitrogen and oxygen atoms in total. The molecule has 0 radical (unpaired) electrons. The average molecular weight is 300 g/mol. The van der Waals surface area contributed by atoms with Crippen LogP contribution < -0.4 is 0 Å². The summed E-state index contributed by atoms with van der Waals surface area (Å²) >= 11 is 0. The lowest BCUT2D eigenvalue weighted by molar-refractivity contribution is -0.155. The van der Waals surface area contributed by atoms with Crippen molar-refractivity contribution in [3.63, 3.8) is 0 Å². The maximum Gasteiger partial charge on any atom is 0.337 e. The third-order valence-corrected chi connectivity index (χ3v) is 3.35. The smallest absolute Gasteiger partial charge is 0.337 e. The van der Waals surface area contributed by atoms with Crippen molar-refractivity contribution < 1.29 is 19.7 Å². The molecule has 2 N–H and O–H groups in total. The van der Waals surface area contributed by atoms with Crippen LogP contribution in [-0.4, -0.2) is 35.5 Å². The molecule has 0 aliphatic heterocycles. The van der Waals surface area contributed by atoms with Crippen LogP contribution >= 0.6 is 0 Å². The van der Waals surface area contributed by atoms with Gasteiger partial charge in [-0.2, -0.15) is 0 Å². The number of hydrogen-bond acceptors (Lipinski definition) is 4. The van der Waals surface area contributed by atoms with Gasteiger partial charge in [0.25, 0.3) is 0 Å². The summed E-state index contributed by atoms with van der Waals surface area (Å²) in [5.41, 5.74) is 0. The SMILES string of the molecule is CCCC/C=C\CCCCCCCCOC(=O)[C@H](O)CO. The van der Waals surface area contributed by atoms with E-state index in [-0.39, 0.29) is 0 Å². The summed E-state index contributed by atoms with van der Waals surface area (Å²) in [5.74, 6) is -0.729.